The van der Waals surface area contributed by atoms with Crippen LogP contribution in [-0.2, 0) is 49.2 Å². The molecule has 5 aromatic rings. The summed E-state index contributed by atoms with van der Waals surface area (Å²) < 4.78 is 94.1. The highest BCUT2D eigenvalue weighted by Crippen LogP contribution is 2.43. The number of ether oxygens (including phenoxy) is 5. The summed E-state index contributed by atoms with van der Waals surface area (Å²) in [6.45, 7) is 10.00. The van der Waals surface area contributed by atoms with Crippen molar-refractivity contribution >= 4 is 37.9 Å². The van der Waals surface area contributed by atoms with E-state index >= 15 is 8.42 Å². The number of tetrazole rings is 1. The van der Waals surface area contributed by atoms with Gasteiger partial charge in [0.2, 0.25) is 20.0 Å². The van der Waals surface area contributed by atoms with Gasteiger partial charge in [-0.1, -0.05) is 36.4 Å². The number of sulfonamides is 2. The summed E-state index contributed by atoms with van der Waals surface area (Å²) in [5, 5.41) is 29.1. The fourth-order valence-electron chi connectivity index (χ4n) is 7.91. The van der Waals surface area contributed by atoms with E-state index in [9.17, 15) is 23.1 Å². The first kappa shape index (κ1) is 55.8. The molecule has 21 nitrogen and oxygen atoms in total. The van der Waals surface area contributed by atoms with Crippen LogP contribution >= 0.6 is 0 Å². The van der Waals surface area contributed by atoms with Gasteiger partial charge in [-0.25, -0.2) is 35.8 Å². The van der Waals surface area contributed by atoms with Crippen LogP contribution in [0.3, 0.4) is 0 Å². The monoisotopic (exact) mass is 1050 g/mol. The number of piperidine rings is 1. The van der Waals surface area contributed by atoms with Gasteiger partial charge in [0.25, 0.3) is 0 Å². The first-order chi connectivity index (χ1) is 34.5. The van der Waals surface area contributed by atoms with Gasteiger partial charge in [-0.3, -0.25) is 0 Å². The molecule has 1 aliphatic rings. The lowest BCUT2D eigenvalue weighted by molar-refractivity contribution is 0.0490. The van der Waals surface area contributed by atoms with E-state index in [-0.39, 0.29) is 36.9 Å². The summed E-state index contributed by atoms with van der Waals surface area (Å²) >= 11 is 0. The first-order valence-electron chi connectivity index (χ1n) is 23.7. The predicted molar refractivity (Wildman–Crippen MR) is 272 cm³/mol. The minimum atomic E-state index is -4.98. The second-order valence-corrected chi connectivity index (χ2v) is 23.1. The number of methoxy groups -OCH3 is 3. The number of hydrogen-bond acceptors (Lipinski definition) is 16. The second kappa shape index (κ2) is 24.0. The Morgan fingerprint density at radius 1 is 0.712 bits per heavy atom. The quantitative estimate of drug-likeness (QED) is 0.0687. The van der Waals surface area contributed by atoms with E-state index in [1.165, 1.54) is 35.3 Å². The molecule has 1 aliphatic heterocycles. The molecule has 2 heterocycles. The average molecular weight is 1050 g/mol. The molecule has 0 unspecified atom stereocenters. The van der Waals surface area contributed by atoms with Crippen LogP contribution in [0.5, 0.6) is 17.2 Å². The molecule has 1 saturated heterocycles. The van der Waals surface area contributed by atoms with Crippen LogP contribution in [0.1, 0.15) is 71.1 Å². The number of carbonyl (C=O) groups is 2. The molecule has 0 bridgehead atoms. The fourth-order valence-corrected chi connectivity index (χ4v) is 11.4. The molecule has 0 saturated carbocycles. The molecule has 396 valence electrons. The Bertz CT molecular complexity index is 2810. The van der Waals surface area contributed by atoms with Crippen molar-refractivity contribution in [2.24, 2.45) is 5.92 Å². The maximum Gasteiger partial charge on any atom is 0.407 e. The summed E-state index contributed by atoms with van der Waals surface area (Å²) in [6, 6.07) is 23.5. The van der Waals surface area contributed by atoms with Gasteiger partial charge >= 0.3 is 12.2 Å². The Morgan fingerprint density at radius 3 is 1.70 bits per heavy atom. The first-order valence-corrected chi connectivity index (χ1v) is 26.6. The number of aliphatic hydroxyl groups is 1. The normalized spacial score (nSPS) is 14.1. The summed E-state index contributed by atoms with van der Waals surface area (Å²) in [7, 11) is -5.27. The molecule has 4 N–H and O–H groups in total. The third-order valence-electron chi connectivity index (χ3n) is 11.5. The molecule has 6 rings (SSSR count). The predicted octanol–water partition coefficient (Wildman–Crippen LogP) is 5.71. The van der Waals surface area contributed by atoms with Crippen molar-refractivity contribution in [2.75, 3.05) is 59.0 Å². The average Bonchev–Trinajstić information content (AvgIpc) is 3.81. The lowest BCUT2D eigenvalue weighted by atomic mass is 9.95. The van der Waals surface area contributed by atoms with Crippen LogP contribution < -0.4 is 34.5 Å². The lowest BCUT2D eigenvalue weighted by Gasteiger charge is -2.36. The Balaban J connectivity index is 1.52. The highest BCUT2D eigenvalue weighted by Gasteiger charge is 2.39. The summed E-state index contributed by atoms with van der Waals surface area (Å²) in [4.78, 5) is 25.7. The van der Waals surface area contributed by atoms with Gasteiger partial charge < -0.3 is 44.3 Å². The molecule has 1 aromatic heterocycles. The molecule has 0 radical (unpaired) electrons. The molecule has 2 amide bonds. The van der Waals surface area contributed by atoms with Crippen molar-refractivity contribution < 1.29 is 55.2 Å². The van der Waals surface area contributed by atoms with Crippen molar-refractivity contribution in [1.29, 1.82) is 0 Å². The summed E-state index contributed by atoms with van der Waals surface area (Å²) in [6.07, 6.45) is -1.71. The molecule has 0 spiro atoms. The van der Waals surface area contributed by atoms with Gasteiger partial charge in [0, 0.05) is 51.5 Å². The number of nitrogens with one attached hydrogen (secondary N) is 3. The number of anilines is 1. The van der Waals surface area contributed by atoms with E-state index in [4.69, 9.17) is 23.7 Å². The van der Waals surface area contributed by atoms with E-state index in [2.05, 4.69) is 30.9 Å². The van der Waals surface area contributed by atoms with Crippen molar-refractivity contribution in [3.8, 4) is 28.6 Å². The number of nitrogens with zero attached hydrogens (tertiary/aromatic N) is 6. The number of alkyl carbamates (subject to hydrolysis) is 2. The molecular weight excluding hydrogens is 983 g/mol. The lowest BCUT2D eigenvalue weighted by Crippen LogP contribution is -2.42. The Hall–Kier alpha value is -6.53. The number of carbonyl (C=O) groups excluding carboxylic acids is 2. The molecule has 0 aliphatic carbocycles. The molecule has 73 heavy (non-hydrogen) atoms. The highest BCUT2D eigenvalue weighted by molar-refractivity contribution is 7.92. The number of aromatic nitrogens is 4. The molecule has 1 atom stereocenters. The van der Waals surface area contributed by atoms with Crippen LogP contribution in [0.4, 0.5) is 15.3 Å². The Morgan fingerprint density at radius 2 is 1.21 bits per heavy atom. The third-order valence-corrected chi connectivity index (χ3v) is 15.0. The molecule has 23 heteroatoms. The second-order valence-electron chi connectivity index (χ2n) is 19.5. The topological polar surface area (TPSA) is 255 Å². The van der Waals surface area contributed by atoms with Crippen molar-refractivity contribution in [1.82, 2.24) is 39.9 Å². The van der Waals surface area contributed by atoms with Gasteiger partial charge in [0.15, 0.2) is 5.82 Å². The molecule has 1 fully saturated rings. The minimum absolute atomic E-state index is 0.0281. The number of rotatable bonds is 21. The zero-order valence-corrected chi connectivity index (χ0v) is 44.4. The molecular formula is C50H67N9O12S2. The van der Waals surface area contributed by atoms with E-state index in [1.807, 2.05) is 4.90 Å². The number of hydrogen-bond donors (Lipinski definition) is 4. The Labute approximate surface area is 427 Å². The number of aliphatic hydroxyl groups excluding tert-OH is 1. The van der Waals surface area contributed by atoms with Crippen molar-refractivity contribution in [3.05, 3.63) is 102 Å². The van der Waals surface area contributed by atoms with Gasteiger partial charge in [-0.05, 0) is 136 Å². The van der Waals surface area contributed by atoms with Crippen LogP contribution in [0.15, 0.2) is 94.7 Å². The van der Waals surface area contributed by atoms with Crippen molar-refractivity contribution in [3.63, 3.8) is 0 Å². The van der Waals surface area contributed by atoms with Gasteiger partial charge in [-0.15, -0.1) is 5.10 Å². The van der Waals surface area contributed by atoms with Crippen LogP contribution in [0.25, 0.3) is 11.4 Å². The standard InChI is InChI=1S/C50H67N9O12S2/c1-49(2,3)70-47(61)51-28-34-24-26-57(27-25-34)42-22-23-43(72(63,64)53-30-38(60)29-52-48(62)71-50(4,5)6)45(44(42)46-54-55-56-59(46)33-37-14-20-41(69-9)21-15-37)73(65,66)58(31-35-10-16-39(67-7)17-11-35)32-36-12-18-40(68-8)19-13-36/h10-23,34,38,53,60H,24-33H2,1-9H3,(H,51,61)(H,52,62)/t38-/m1/s1. The summed E-state index contributed by atoms with van der Waals surface area (Å²) in [5.41, 5.74) is 0.567. The van der Waals surface area contributed by atoms with Gasteiger partial charge in [0.05, 0.1) is 39.5 Å². The SMILES string of the molecule is COc1ccc(CN(Cc2ccc(OC)cc2)S(=O)(=O)c2c(S(=O)(=O)NC[C@H](O)CNC(=O)OC(C)(C)C)ccc(N3CCC(CNC(=O)OC(C)(C)C)CC3)c2-c2nnnn2Cc2ccc(OC)cc2)cc1. The van der Waals surface area contributed by atoms with Gasteiger partial charge in [-0.2, -0.15) is 4.31 Å². The maximum absolute atomic E-state index is 16.2. The number of amides is 2. The van der Waals surface area contributed by atoms with Crippen LogP contribution in [0, 0.1) is 5.92 Å². The van der Waals surface area contributed by atoms with E-state index in [0.717, 1.165) is 5.56 Å². The maximum atomic E-state index is 16.2. The number of benzene rings is 4. The smallest absolute Gasteiger partial charge is 0.407 e. The molecule has 4 aromatic carbocycles. The zero-order chi connectivity index (χ0) is 53.1. The third kappa shape index (κ3) is 15.5. The van der Waals surface area contributed by atoms with E-state index in [0.29, 0.717) is 66.5 Å². The minimum Gasteiger partial charge on any atom is -0.497 e. The summed E-state index contributed by atoms with van der Waals surface area (Å²) in [5.74, 6) is 1.66. The highest BCUT2D eigenvalue weighted by atomic mass is 32.2. The van der Waals surface area contributed by atoms with Crippen LogP contribution in [-0.4, -0.2) is 130 Å². The van der Waals surface area contributed by atoms with Gasteiger partial charge in [0.1, 0.15) is 38.2 Å². The van der Waals surface area contributed by atoms with Crippen LogP contribution in [0.2, 0.25) is 0 Å². The Kier molecular flexibility index (Phi) is 18.3. The van der Waals surface area contributed by atoms with E-state index < -0.39 is 72.4 Å². The van der Waals surface area contributed by atoms with Crippen molar-refractivity contribution in [2.45, 2.75) is 101 Å². The fraction of sp³-hybridized carbons (Fsp3) is 0.460. The zero-order valence-electron chi connectivity index (χ0n) is 42.7. The largest absolute Gasteiger partial charge is 0.497 e. The van der Waals surface area contributed by atoms with E-state index in [1.54, 1.807) is 121 Å².